The van der Waals surface area contributed by atoms with Gasteiger partial charge in [0, 0.05) is 26.2 Å². The van der Waals surface area contributed by atoms with Crippen molar-refractivity contribution >= 4 is 17.3 Å². The number of aliphatic hydroxyl groups is 1. The van der Waals surface area contributed by atoms with Crippen LogP contribution in [-0.4, -0.2) is 41.9 Å². The zero-order valence-electron chi connectivity index (χ0n) is 11.8. The summed E-state index contributed by atoms with van der Waals surface area (Å²) >= 11 is 5.43. The van der Waals surface area contributed by atoms with Gasteiger partial charge in [0.25, 0.3) is 0 Å². The average Bonchev–Trinajstić information content (AvgIpc) is 2.53. The number of nitrogens with one attached hydrogen (secondary N) is 1. The number of ether oxygens (including phenoxy) is 1. The Hall–Kier alpha value is -1.33. The number of hydrogen-bond acceptors (Lipinski definition) is 3. The molecular weight excluding hydrogens is 272 g/mol. The molecule has 110 valence electrons. The molecule has 1 aliphatic heterocycles. The third-order valence-corrected chi connectivity index (χ3v) is 4.07. The molecule has 2 rings (SSSR count). The number of thiocarbonyl (C=S) groups is 1. The highest BCUT2D eigenvalue weighted by Crippen LogP contribution is 2.16. The van der Waals surface area contributed by atoms with Crippen LogP contribution < -0.4 is 10.1 Å². The number of aliphatic hydroxyl groups excluding tert-OH is 1. The van der Waals surface area contributed by atoms with Gasteiger partial charge in [-0.1, -0.05) is 12.1 Å². The number of rotatable bonds is 4. The molecular formula is C15H22N2O2S. The van der Waals surface area contributed by atoms with Crippen LogP contribution in [0, 0.1) is 5.92 Å². The van der Waals surface area contributed by atoms with Gasteiger partial charge < -0.3 is 20.1 Å². The third kappa shape index (κ3) is 4.08. The number of likely N-dealkylation sites (tertiary alicyclic amines) is 1. The molecule has 0 aromatic heterocycles. The van der Waals surface area contributed by atoms with Crippen LogP contribution in [-0.2, 0) is 6.54 Å². The van der Waals surface area contributed by atoms with Crippen molar-refractivity contribution in [1.82, 2.24) is 10.2 Å². The Labute approximate surface area is 125 Å². The van der Waals surface area contributed by atoms with E-state index in [9.17, 15) is 5.11 Å². The van der Waals surface area contributed by atoms with Gasteiger partial charge in [0.15, 0.2) is 5.11 Å². The predicted molar refractivity (Wildman–Crippen MR) is 83.8 cm³/mol. The summed E-state index contributed by atoms with van der Waals surface area (Å²) in [5, 5.41) is 13.3. The Morgan fingerprint density at radius 1 is 1.45 bits per heavy atom. The quantitative estimate of drug-likeness (QED) is 0.829. The zero-order valence-corrected chi connectivity index (χ0v) is 12.7. The summed E-state index contributed by atoms with van der Waals surface area (Å²) in [4.78, 5) is 2.16. The second-order valence-electron chi connectivity index (χ2n) is 5.14. The van der Waals surface area contributed by atoms with E-state index in [2.05, 4.69) is 10.2 Å². The minimum absolute atomic E-state index is 0.248. The zero-order chi connectivity index (χ0) is 14.4. The first kappa shape index (κ1) is 15.1. The van der Waals surface area contributed by atoms with E-state index >= 15 is 0 Å². The van der Waals surface area contributed by atoms with Gasteiger partial charge in [-0.25, -0.2) is 0 Å². The fourth-order valence-electron chi connectivity index (χ4n) is 2.43. The van der Waals surface area contributed by atoms with Gasteiger partial charge in [-0.05, 0) is 48.7 Å². The largest absolute Gasteiger partial charge is 0.497 e. The van der Waals surface area contributed by atoms with E-state index in [1.807, 2.05) is 24.3 Å². The molecule has 1 atom stereocenters. The Kier molecular flexibility index (Phi) is 5.61. The molecule has 0 amide bonds. The summed E-state index contributed by atoms with van der Waals surface area (Å²) in [6.45, 7) is 2.79. The van der Waals surface area contributed by atoms with Crippen LogP contribution >= 0.6 is 12.2 Å². The van der Waals surface area contributed by atoms with Crippen molar-refractivity contribution in [3.63, 3.8) is 0 Å². The second kappa shape index (κ2) is 7.45. The van der Waals surface area contributed by atoms with Gasteiger partial charge in [-0.2, -0.15) is 0 Å². The van der Waals surface area contributed by atoms with Gasteiger partial charge >= 0.3 is 0 Å². The molecule has 0 radical (unpaired) electrons. The summed E-state index contributed by atoms with van der Waals surface area (Å²) in [5.41, 5.74) is 1.17. The molecule has 1 heterocycles. The van der Waals surface area contributed by atoms with Gasteiger partial charge in [0.05, 0.1) is 7.11 Å². The fraction of sp³-hybridized carbons (Fsp3) is 0.533. The molecule has 1 saturated heterocycles. The average molecular weight is 294 g/mol. The minimum atomic E-state index is 0.248. The van der Waals surface area contributed by atoms with E-state index < -0.39 is 0 Å². The van der Waals surface area contributed by atoms with Crippen molar-refractivity contribution in [2.45, 2.75) is 19.4 Å². The van der Waals surface area contributed by atoms with E-state index in [0.29, 0.717) is 12.5 Å². The normalized spacial score (nSPS) is 18.7. The van der Waals surface area contributed by atoms with Crippen molar-refractivity contribution in [3.8, 4) is 5.75 Å². The molecule has 20 heavy (non-hydrogen) atoms. The molecule has 1 aromatic carbocycles. The van der Waals surface area contributed by atoms with E-state index in [4.69, 9.17) is 17.0 Å². The first-order chi connectivity index (χ1) is 9.72. The maximum absolute atomic E-state index is 9.25. The molecule has 5 heteroatoms. The monoisotopic (exact) mass is 294 g/mol. The Morgan fingerprint density at radius 3 is 2.85 bits per heavy atom. The van der Waals surface area contributed by atoms with Crippen LogP contribution in [0.2, 0.25) is 0 Å². The number of methoxy groups -OCH3 is 1. The summed E-state index contributed by atoms with van der Waals surface area (Å²) in [5.74, 6) is 1.21. The van der Waals surface area contributed by atoms with Gasteiger partial charge in [-0.15, -0.1) is 0 Å². The van der Waals surface area contributed by atoms with Crippen molar-refractivity contribution in [2.75, 3.05) is 26.8 Å². The van der Waals surface area contributed by atoms with E-state index in [0.717, 1.165) is 36.8 Å². The minimum Gasteiger partial charge on any atom is -0.497 e. The standard InChI is InChI=1S/C15H22N2O2S/c1-19-14-6-4-12(5-7-14)9-16-15(20)17-8-2-3-13(10-17)11-18/h4-7,13,18H,2-3,8-11H2,1H3,(H,16,20)/t13-/m0/s1. The molecule has 1 aromatic rings. The third-order valence-electron chi connectivity index (χ3n) is 3.67. The van der Waals surface area contributed by atoms with Crippen LogP contribution in [0.4, 0.5) is 0 Å². The summed E-state index contributed by atoms with van der Waals surface area (Å²) in [7, 11) is 1.66. The molecule has 0 unspecified atom stereocenters. The van der Waals surface area contributed by atoms with Gasteiger partial charge in [0.1, 0.15) is 5.75 Å². The summed E-state index contributed by atoms with van der Waals surface area (Å²) < 4.78 is 5.14. The van der Waals surface area contributed by atoms with Crippen molar-refractivity contribution in [3.05, 3.63) is 29.8 Å². The van der Waals surface area contributed by atoms with Crippen LogP contribution in [0.5, 0.6) is 5.75 Å². The highest BCUT2D eigenvalue weighted by molar-refractivity contribution is 7.80. The Morgan fingerprint density at radius 2 is 2.20 bits per heavy atom. The highest BCUT2D eigenvalue weighted by Gasteiger charge is 2.20. The van der Waals surface area contributed by atoms with Crippen LogP contribution in [0.1, 0.15) is 18.4 Å². The molecule has 0 aliphatic carbocycles. The first-order valence-corrected chi connectivity index (χ1v) is 7.40. The SMILES string of the molecule is COc1ccc(CNC(=S)N2CCC[C@H](CO)C2)cc1. The smallest absolute Gasteiger partial charge is 0.169 e. The lowest BCUT2D eigenvalue weighted by Gasteiger charge is -2.33. The Bertz CT molecular complexity index is 436. The van der Waals surface area contributed by atoms with E-state index in [1.165, 1.54) is 5.56 Å². The fourth-order valence-corrected chi connectivity index (χ4v) is 2.67. The van der Waals surface area contributed by atoms with Crippen molar-refractivity contribution < 1.29 is 9.84 Å². The second-order valence-corrected chi connectivity index (χ2v) is 5.53. The molecule has 0 spiro atoms. The lowest BCUT2D eigenvalue weighted by atomic mass is 9.99. The molecule has 4 nitrogen and oxygen atoms in total. The topological polar surface area (TPSA) is 44.7 Å². The summed E-state index contributed by atoms with van der Waals surface area (Å²) in [6, 6.07) is 7.95. The van der Waals surface area contributed by atoms with Gasteiger partial charge in [-0.3, -0.25) is 0 Å². The van der Waals surface area contributed by atoms with Crippen molar-refractivity contribution in [1.29, 1.82) is 0 Å². The van der Waals surface area contributed by atoms with Gasteiger partial charge in [0.2, 0.25) is 0 Å². The van der Waals surface area contributed by atoms with Crippen molar-refractivity contribution in [2.24, 2.45) is 5.92 Å². The molecule has 0 bridgehead atoms. The number of benzene rings is 1. The highest BCUT2D eigenvalue weighted by atomic mass is 32.1. The van der Waals surface area contributed by atoms with E-state index in [1.54, 1.807) is 7.11 Å². The molecule has 1 fully saturated rings. The maximum atomic E-state index is 9.25. The lowest BCUT2D eigenvalue weighted by molar-refractivity contribution is 0.160. The number of hydrogen-bond donors (Lipinski definition) is 2. The lowest BCUT2D eigenvalue weighted by Crippen LogP contribution is -2.45. The Balaban J connectivity index is 1.81. The summed E-state index contributed by atoms with van der Waals surface area (Å²) in [6.07, 6.45) is 2.18. The van der Waals surface area contributed by atoms with Crippen LogP contribution in [0.25, 0.3) is 0 Å². The van der Waals surface area contributed by atoms with E-state index in [-0.39, 0.29) is 6.61 Å². The predicted octanol–water partition coefficient (Wildman–Crippen LogP) is 1.77. The molecule has 1 aliphatic rings. The van der Waals surface area contributed by atoms with Crippen LogP contribution in [0.3, 0.4) is 0 Å². The van der Waals surface area contributed by atoms with Crippen LogP contribution in [0.15, 0.2) is 24.3 Å². The maximum Gasteiger partial charge on any atom is 0.169 e. The molecule has 0 saturated carbocycles. The first-order valence-electron chi connectivity index (χ1n) is 6.99. The molecule has 2 N–H and O–H groups in total. The number of piperidine rings is 1. The number of nitrogens with zero attached hydrogens (tertiary/aromatic N) is 1.